The lowest BCUT2D eigenvalue weighted by Gasteiger charge is -2.16. The Morgan fingerprint density at radius 1 is 1.43 bits per heavy atom. The summed E-state index contributed by atoms with van der Waals surface area (Å²) in [4.78, 5) is 10.8. The molecule has 1 atom stereocenters. The van der Waals surface area contributed by atoms with Crippen molar-refractivity contribution in [2.45, 2.75) is 10.4 Å². The minimum Gasteiger partial charge on any atom is -0.478 e. The van der Waals surface area contributed by atoms with Crippen molar-refractivity contribution in [2.24, 2.45) is 0 Å². The minimum absolute atomic E-state index is 0.421. The van der Waals surface area contributed by atoms with Crippen LogP contribution in [-0.2, 0) is 9.13 Å². The second kappa shape index (κ2) is 3.04. The number of benzene rings is 1. The van der Waals surface area contributed by atoms with Crippen LogP contribution >= 0.6 is 23.2 Å². The summed E-state index contributed by atoms with van der Waals surface area (Å²) in [5, 5.41) is 8.83. The Bertz CT molecular complexity index is 389. The SMILES string of the molecule is O=C(O)C1Oc2ccccc2C1(Cl)Cl. The maximum absolute atomic E-state index is 10.8. The average Bonchev–Trinajstić information content (AvgIpc) is 2.39. The fourth-order valence-electron chi connectivity index (χ4n) is 1.39. The molecule has 2 rings (SSSR count). The van der Waals surface area contributed by atoms with Crippen LogP contribution in [0.3, 0.4) is 0 Å². The van der Waals surface area contributed by atoms with E-state index in [0.717, 1.165) is 0 Å². The molecule has 1 aliphatic rings. The Morgan fingerprint density at radius 3 is 2.64 bits per heavy atom. The van der Waals surface area contributed by atoms with E-state index < -0.39 is 16.4 Å². The lowest BCUT2D eigenvalue weighted by molar-refractivity contribution is -0.144. The van der Waals surface area contributed by atoms with Crippen LogP contribution in [0.5, 0.6) is 5.75 Å². The van der Waals surface area contributed by atoms with E-state index in [1.165, 1.54) is 0 Å². The lowest BCUT2D eigenvalue weighted by atomic mass is 10.1. The van der Waals surface area contributed by atoms with Crippen LogP contribution in [0.4, 0.5) is 0 Å². The number of hydrogen-bond acceptors (Lipinski definition) is 2. The minimum atomic E-state index is -1.51. The Morgan fingerprint density at radius 2 is 2.07 bits per heavy atom. The number of alkyl halides is 2. The maximum atomic E-state index is 10.8. The Labute approximate surface area is 90.2 Å². The van der Waals surface area contributed by atoms with Crippen molar-refractivity contribution in [3.05, 3.63) is 29.8 Å². The molecule has 0 saturated heterocycles. The van der Waals surface area contributed by atoms with Gasteiger partial charge in [-0.05, 0) is 6.07 Å². The maximum Gasteiger partial charge on any atom is 0.348 e. The first kappa shape index (κ1) is 9.62. The summed E-state index contributed by atoms with van der Waals surface area (Å²) in [5.41, 5.74) is 0.496. The third kappa shape index (κ3) is 1.24. The van der Waals surface area contributed by atoms with Gasteiger partial charge in [0.1, 0.15) is 5.75 Å². The molecule has 1 N–H and O–H groups in total. The molecule has 0 fully saturated rings. The smallest absolute Gasteiger partial charge is 0.348 e. The highest BCUT2D eigenvalue weighted by molar-refractivity contribution is 6.50. The Balaban J connectivity index is 2.50. The number of para-hydroxylation sites is 1. The van der Waals surface area contributed by atoms with Crippen molar-refractivity contribution in [3.8, 4) is 5.75 Å². The highest BCUT2D eigenvalue weighted by Gasteiger charge is 2.50. The molecule has 0 bridgehead atoms. The van der Waals surface area contributed by atoms with Gasteiger partial charge >= 0.3 is 5.97 Å². The van der Waals surface area contributed by atoms with Crippen LogP contribution in [-0.4, -0.2) is 17.2 Å². The molecule has 14 heavy (non-hydrogen) atoms. The number of carboxylic acids is 1. The van der Waals surface area contributed by atoms with E-state index in [1.807, 2.05) is 0 Å². The number of hydrogen-bond donors (Lipinski definition) is 1. The van der Waals surface area contributed by atoms with Gasteiger partial charge in [-0.1, -0.05) is 41.4 Å². The molecule has 0 radical (unpaired) electrons. The molecule has 0 aliphatic carbocycles. The molecule has 1 unspecified atom stereocenters. The number of fused-ring (bicyclic) bond motifs is 1. The highest BCUT2D eigenvalue weighted by atomic mass is 35.5. The van der Waals surface area contributed by atoms with E-state index in [0.29, 0.717) is 11.3 Å². The normalized spacial score (nSPS) is 22.6. The Hall–Kier alpha value is -0.930. The third-order valence-corrected chi connectivity index (χ3v) is 2.85. The fraction of sp³-hybridized carbons (Fsp3) is 0.222. The highest BCUT2D eigenvalue weighted by Crippen LogP contribution is 2.48. The number of aliphatic carboxylic acids is 1. The van der Waals surface area contributed by atoms with Gasteiger partial charge in [0.05, 0.1) is 0 Å². The van der Waals surface area contributed by atoms with E-state index in [1.54, 1.807) is 24.3 Å². The van der Waals surface area contributed by atoms with Crippen LogP contribution in [0.25, 0.3) is 0 Å². The second-order valence-corrected chi connectivity index (χ2v) is 4.34. The first-order valence-corrected chi connectivity index (χ1v) is 4.66. The van der Waals surface area contributed by atoms with Gasteiger partial charge in [-0.15, -0.1) is 0 Å². The molecule has 5 heteroatoms. The van der Waals surface area contributed by atoms with Gasteiger partial charge in [0.2, 0.25) is 6.10 Å². The van der Waals surface area contributed by atoms with Gasteiger partial charge in [0.25, 0.3) is 0 Å². The summed E-state index contributed by atoms with van der Waals surface area (Å²) >= 11 is 11.8. The van der Waals surface area contributed by atoms with Gasteiger partial charge in [-0.3, -0.25) is 0 Å². The molecule has 0 amide bonds. The number of ether oxygens (including phenoxy) is 1. The zero-order valence-electron chi connectivity index (χ0n) is 6.91. The predicted molar refractivity (Wildman–Crippen MR) is 51.9 cm³/mol. The molecule has 1 heterocycles. The lowest BCUT2D eigenvalue weighted by Crippen LogP contribution is -2.35. The number of carbonyl (C=O) groups is 1. The Kier molecular flexibility index (Phi) is 2.09. The van der Waals surface area contributed by atoms with E-state index in [-0.39, 0.29) is 0 Å². The van der Waals surface area contributed by atoms with E-state index >= 15 is 0 Å². The summed E-state index contributed by atoms with van der Waals surface area (Å²) in [6, 6.07) is 6.74. The summed E-state index contributed by atoms with van der Waals surface area (Å²) in [5.74, 6) is -0.754. The summed E-state index contributed by atoms with van der Waals surface area (Å²) in [7, 11) is 0. The van der Waals surface area contributed by atoms with Crippen LogP contribution in [0, 0.1) is 0 Å². The van der Waals surface area contributed by atoms with Gasteiger partial charge in [-0.2, -0.15) is 0 Å². The topological polar surface area (TPSA) is 46.5 Å². The van der Waals surface area contributed by atoms with Crippen molar-refractivity contribution in [1.82, 2.24) is 0 Å². The van der Waals surface area contributed by atoms with Crippen LogP contribution in [0.1, 0.15) is 5.56 Å². The largest absolute Gasteiger partial charge is 0.478 e. The molecule has 74 valence electrons. The number of carboxylic acid groups (broad SMARTS) is 1. The van der Waals surface area contributed by atoms with Crippen molar-refractivity contribution in [1.29, 1.82) is 0 Å². The molecule has 1 aliphatic heterocycles. The first-order valence-electron chi connectivity index (χ1n) is 3.90. The zero-order valence-corrected chi connectivity index (χ0v) is 8.42. The number of halogens is 2. The van der Waals surface area contributed by atoms with E-state index in [2.05, 4.69) is 0 Å². The molecule has 0 spiro atoms. The molecule has 1 aromatic carbocycles. The summed E-state index contributed by atoms with van der Waals surface area (Å²) < 4.78 is 3.61. The van der Waals surface area contributed by atoms with Crippen molar-refractivity contribution in [2.75, 3.05) is 0 Å². The fourth-order valence-corrected chi connectivity index (χ4v) is 1.98. The standard InChI is InChI=1S/C9H6Cl2O3/c10-9(11)5-3-1-2-4-6(5)14-7(9)8(12)13/h1-4,7H,(H,12,13). The van der Waals surface area contributed by atoms with Gasteiger partial charge in [-0.25, -0.2) is 4.79 Å². The van der Waals surface area contributed by atoms with Crippen molar-refractivity contribution >= 4 is 29.2 Å². The van der Waals surface area contributed by atoms with Gasteiger partial charge in [0.15, 0.2) is 4.33 Å². The third-order valence-electron chi connectivity index (χ3n) is 2.04. The quantitative estimate of drug-likeness (QED) is 0.756. The van der Waals surface area contributed by atoms with Crippen molar-refractivity contribution in [3.63, 3.8) is 0 Å². The molecule has 0 aromatic heterocycles. The molecular weight excluding hydrogens is 227 g/mol. The molecule has 1 aromatic rings. The number of rotatable bonds is 1. The average molecular weight is 233 g/mol. The van der Waals surface area contributed by atoms with E-state index in [4.69, 9.17) is 33.0 Å². The summed E-state index contributed by atoms with van der Waals surface area (Å²) in [6.45, 7) is 0. The zero-order chi connectivity index (χ0) is 10.3. The van der Waals surface area contributed by atoms with E-state index in [9.17, 15) is 4.79 Å². The molecule has 3 nitrogen and oxygen atoms in total. The molecule has 0 saturated carbocycles. The van der Waals surface area contributed by atoms with Gasteiger partial charge < -0.3 is 9.84 Å². The first-order chi connectivity index (χ1) is 6.53. The van der Waals surface area contributed by atoms with Crippen LogP contribution < -0.4 is 4.74 Å². The van der Waals surface area contributed by atoms with Gasteiger partial charge in [0, 0.05) is 5.56 Å². The molecular formula is C9H6Cl2O3. The summed E-state index contributed by atoms with van der Waals surface area (Å²) in [6.07, 6.45) is -1.25. The van der Waals surface area contributed by atoms with Crippen molar-refractivity contribution < 1.29 is 14.6 Å². The second-order valence-electron chi connectivity index (χ2n) is 2.96. The predicted octanol–water partition coefficient (Wildman–Crippen LogP) is 2.16. The van der Waals surface area contributed by atoms with Crippen LogP contribution in [0.15, 0.2) is 24.3 Å². The monoisotopic (exact) mass is 232 g/mol. The van der Waals surface area contributed by atoms with Crippen LogP contribution in [0.2, 0.25) is 0 Å².